The van der Waals surface area contributed by atoms with E-state index in [4.69, 9.17) is 4.74 Å². The maximum atomic E-state index is 11.5. The van der Waals surface area contributed by atoms with Crippen LogP contribution in [0, 0.1) is 0 Å². The van der Waals surface area contributed by atoms with Crippen molar-refractivity contribution in [3.05, 3.63) is 24.5 Å². The number of H-pyrrole nitrogens is 1. The minimum absolute atomic E-state index is 0.182. The van der Waals surface area contributed by atoms with Crippen LogP contribution in [-0.4, -0.2) is 34.2 Å². The SMILES string of the molecule is C=COCCCNC(=O)c1n[nH]c(CC)n1. The van der Waals surface area contributed by atoms with Crippen molar-refractivity contribution in [2.45, 2.75) is 19.8 Å². The van der Waals surface area contributed by atoms with Crippen LogP contribution in [0.5, 0.6) is 0 Å². The fourth-order valence-corrected chi connectivity index (χ4v) is 1.07. The van der Waals surface area contributed by atoms with E-state index in [-0.39, 0.29) is 11.7 Å². The van der Waals surface area contributed by atoms with E-state index in [1.165, 1.54) is 6.26 Å². The van der Waals surface area contributed by atoms with Gasteiger partial charge in [0, 0.05) is 13.0 Å². The fourth-order valence-electron chi connectivity index (χ4n) is 1.07. The molecule has 0 radical (unpaired) electrons. The van der Waals surface area contributed by atoms with E-state index in [0.717, 1.165) is 12.8 Å². The zero-order valence-corrected chi connectivity index (χ0v) is 9.32. The Morgan fingerprint density at radius 1 is 1.69 bits per heavy atom. The summed E-state index contributed by atoms with van der Waals surface area (Å²) in [6.45, 7) is 6.43. The molecule has 1 aromatic rings. The molecule has 1 amide bonds. The van der Waals surface area contributed by atoms with Gasteiger partial charge in [0.15, 0.2) is 0 Å². The minimum Gasteiger partial charge on any atom is -0.502 e. The topological polar surface area (TPSA) is 79.9 Å². The number of hydrogen-bond acceptors (Lipinski definition) is 4. The first-order valence-corrected chi connectivity index (χ1v) is 5.20. The standard InChI is InChI=1S/C10H16N4O2/c1-3-8-12-9(14-13-8)10(15)11-6-5-7-16-4-2/h4H,2-3,5-7H2,1H3,(H,11,15)(H,12,13,14). The Labute approximate surface area is 94.1 Å². The molecular weight excluding hydrogens is 208 g/mol. The highest BCUT2D eigenvalue weighted by molar-refractivity contribution is 5.90. The lowest BCUT2D eigenvalue weighted by Crippen LogP contribution is -2.26. The van der Waals surface area contributed by atoms with Gasteiger partial charge in [0.05, 0.1) is 12.9 Å². The molecule has 6 heteroatoms. The normalized spacial score (nSPS) is 9.81. The zero-order valence-electron chi connectivity index (χ0n) is 9.32. The highest BCUT2D eigenvalue weighted by Gasteiger charge is 2.10. The molecule has 2 N–H and O–H groups in total. The summed E-state index contributed by atoms with van der Waals surface area (Å²) in [6, 6.07) is 0. The van der Waals surface area contributed by atoms with Gasteiger partial charge in [-0.3, -0.25) is 9.89 Å². The van der Waals surface area contributed by atoms with Crippen LogP contribution in [0.25, 0.3) is 0 Å². The number of ether oxygens (including phenoxy) is 1. The Balaban J connectivity index is 2.26. The van der Waals surface area contributed by atoms with Crippen LogP contribution in [0.4, 0.5) is 0 Å². The quantitative estimate of drug-likeness (QED) is 0.526. The molecule has 0 aliphatic rings. The highest BCUT2D eigenvalue weighted by atomic mass is 16.5. The van der Waals surface area contributed by atoms with Crippen LogP contribution in [0.3, 0.4) is 0 Å². The number of rotatable bonds is 7. The summed E-state index contributed by atoms with van der Waals surface area (Å²) in [7, 11) is 0. The molecule has 0 aromatic carbocycles. The van der Waals surface area contributed by atoms with Crippen LogP contribution in [-0.2, 0) is 11.2 Å². The predicted octanol–water partition coefficient (Wildman–Crippen LogP) is 0.647. The first kappa shape index (κ1) is 12.2. The molecule has 88 valence electrons. The lowest BCUT2D eigenvalue weighted by molar-refractivity contribution is 0.0940. The second-order valence-corrected chi connectivity index (χ2v) is 3.11. The van der Waals surface area contributed by atoms with Crippen molar-refractivity contribution in [1.29, 1.82) is 0 Å². The molecule has 0 saturated heterocycles. The Kier molecular flexibility index (Phi) is 5.04. The number of carbonyl (C=O) groups excluding carboxylic acids is 1. The number of aromatic amines is 1. The van der Waals surface area contributed by atoms with Crippen LogP contribution < -0.4 is 5.32 Å². The van der Waals surface area contributed by atoms with E-state index in [1.54, 1.807) is 0 Å². The number of amides is 1. The third-order valence-corrected chi connectivity index (χ3v) is 1.91. The molecule has 6 nitrogen and oxygen atoms in total. The van der Waals surface area contributed by atoms with Gasteiger partial charge in [-0.05, 0) is 6.42 Å². The Bertz CT molecular complexity index is 348. The van der Waals surface area contributed by atoms with Crippen LogP contribution >= 0.6 is 0 Å². The summed E-state index contributed by atoms with van der Waals surface area (Å²) < 4.78 is 4.92. The number of hydrogen-bond donors (Lipinski definition) is 2. The summed E-state index contributed by atoms with van der Waals surface area (Å²) in [5, 5.41) is 9.19. The van der Waals surface area contributed by atoms with Gasteiger partial charge in [0.2, 0.25) is 5.82 Å². The average molecular weight is 224 g/mol. The van der Waals surface area contributed by atoms with Gasteiger partial charge in [-0.2, -0.15) is 0 Å². The van der Waals surface area contributed by atoms with Gasteiger partial charge >= 0.3 is 0 Å². The van der Waals surface area contributed by atoms with E-state index in [1.807, 2.05) is 6.92 Å². The Morgan fingerprint density at radius 3 is 3.12 bits per heavy atom. The molecule has 0 aliphatic heterocycles. The minimum atomic E-state index is -0.269. The number of carbonyl (C=O) groups is 1. The molecule has 0 spiro atoms. The van der Waals surface area contributed by atoms with Crippen molar-refractivity contribution < 1.29 is 9.53 Å². The lowest BCUT2D eigenvalue weighted by atomic mass is 10.4. The molecule has 0 fully saturated rings. The molecule has 0 unspecified atom stereocenters. The van der Waals surface area contributed by atoms with Crippen LogP contribution in [0.15, 0.2) is 12.8 Å². The van der Waals surface area contributed by atoms with E-state index < -0.39 is 0 Å². The van der Waals surface area contributed by atoms with Gasteiger partial charge in [0.25, 0.3) is 5.91 Å². The monoisotopic (exact) mass is 224 g/mol. The van der Waals surface area contributed by atoms with Crippen molar-refractivity contribution >= 4 is 5.91 Å². The summed E-state index contributed by atoms with van der Waals surface area (Å²) in [5.41, 5.74) is 0. The first-order valence-electron chi connectivity index (χ1n) is 5.20. The average Bonchev–Trinajstić information content (AvgIpc) is 2.77. The van der Waals surface area contributed by atoms with Gasteiger partial charge in [-0.1, -0.05) is 13.5 Å². The maximum Gasteiger partial charge on any atom is 0.290 e. The molecule has 1 rings (SSSR count). The van der Waals surface area contributed by atoms with Crippen LogP contribution in [0.1, 0.15) is 29.8 Å². The maximum absolute atomic E-state index is 11.5. The van der Waals surface area contributed by atoms with Crippen molar-refractivity contribution in [3.63, 3.8) is 0 Å². The van der Waals surface area contributed by atoms with E-state index in [9.17, 15) is 4.79 Å². The molecule has 16 heavy (non-hydrogen) atoms. The van der Waals surface area contributed by atoms with Crippen molar-refractivity contribution in [2.24, 2.45) is 0 Å². The molecule has 0 aliphatic carbocycles. The summed E-state index contributed by atoms with van der Waals surface area (Å²) in [5.74, 6) is 0.621. The second kappa shape index (κ2) is 6.60. The number of aromatic nitrogens is 3. The third-order valence-electron chi connectivity index (χ3n) is 1.91. The summed E-state index contributed by atoms with van der Waals surface area (Å²) in [6.07, 6.45) is 2.83. The highest BCUT2D eigenvalue weighted by Crippen LogP contribution is 1.93. The Hall–Kier alpha value is -1.85. The molecular formula is C10H16N4O2. The van der Waals surface area contributed by atoms with E-state index in [0.29, 0.717) is 19.0 Å². The van der Waals surface area contributed by atoms with E-state index >= 15 is 0 Å². The smallest absolute Gasteiger partial charge is 0.290 e. The van der Waals surface area contributed by atoms with Crippen molar-refractivity contribution in [1.82, 2.24) is 20.5 Å². The fraction of sp³-hybridized carbons (Fsp3) is 0.500. The van der Waals surface area contributed by atoms with Crippen molar-refractivity contribution in [3.8, 4) is 0 Å². The van der Waals surface area contributed by atoms with Gasteiger partial charge in [-0.15, -0.1) is 5.10 Å². The Morgan fingerprint density at radius 2 is 2.50 bits per heavy atom. The second-order valence-electron chi connectivity index (χ2n) is 3.11. The molecule has 1 aromatic heterocycles. The molecule has 1 heterocycles. The number of nitrogens with zero attached hydrogens (tertiary/aromatic N) is 2. The molecule has 0 saturated carbocycles. The summed E-state index contributed by atoms with van der Waals surface area (Å²) in [4.78, 5) is 15.5. The van der Waals surface area contributed by atoms with Gasteiger partial charge in [0.1, 0.15) is 5.82 Å². The molecule has 0 bridgehead atoms. The van der Waals surface area contributed by atoms with Gasteiger partial charge in [-0.25, -0.2) is 4.98 Å². The van der Waals surface area contributed by atoms with Gasteiger partial charge < -0.3 is 10.1 Å². The third kappa shape index (κ3) is 3.72. The largest absolute Gasteiger partial charge is 0.502 e. The summed E-state index contributed by atoms with van der Waals surface area (Å²) >= 11 is 0. The predicted molar refractivity (Wildman–Crippen MR) is 58.9 cm³/mol. The number of nitrogens with one attached hydrogen (secondary N) is 2. The lowest BCUT2D eigenvalue weighted by Gasteiger charge is -2.01. The number of aryl methyl sites for hydroxylation is 1. The first-order chi connectivity index (χ1) is 7.77. The van der Waals surface area contributed by atoms with Crippen molar-refractivity contribution in [2.75, 3.05) is 13.2 Å². The van der Waals surface area contributed by atoms with Crippen LogP contribution in [0.2, 0.25) is 0 Å². The molecule has 0 atom stereocenters. The van der Waals surface area contributed by atoms with E-state index in [2.05, 4.69) is 27.1 Å². The zero-order chi connectivity index (χ0) is 11.8.